The number of H-pyrrole nitrogens is 1. The monoisotopic (exact) mass is 520 g/mol. The molecule has 8 heteroatoms. The summed E-state index contributed by atoms with van der Waals surface area (Å²) in [5.74, 6) is 1.32. The highest BCUT2D eigenvalue weighted by Crippen LogP contribution is 2.34. The number of nitrogens with one attached hydrogen (secondary N) is 1. The molecule has 3 heterocycles. The third-order valence-corrected chi connectivity index (χ3v) is 7.92. The minimum Gasteiger partial charge on any atom is -0.507 e. The van der Waals surface area contributed by atoms with Gasteiger partial charge in [-0.1, -0.05) is 45.6 Å². The van der Waals surface area contributed by atoms with Gasteiger partial charge in [-0.15, -0.1) is 0 Å². The molecule has 1 saturated heterocycles. The molecule has 2 aromatic carbocycles. The number of morpholine rings is 1. The Hall–Kier alpha value is -3.10. The maximum absolute atomic E-state index is 13.5. The van der Waals surface area contributed by atoms with E-state index in [2.05, 4.69) is 15.1 Å². The quantitative estimate of drug-likeness (QED) is 0.461. The van der Waals surface area contributed by atoms with E-state index in [0.29, 0.717) is 36.7 Å². The number of ether oxygens (including phenoxy) is 2. The van der Waals surface area contributed by atoms with Crippen molar-refractivity contribution in [2.24, 2.45) is 5.92 Å². The topological polar surface area (TPSA) is 90.9 Å². The van der Waals surface area contributed by atoms with Gasteiger partial charge in [-0.3, -0.25) is 14.8 Å². The number of hydrogen-bond donors (Lipinski definition) is 2. The van der Waals surface area contributed by atoms with Gasteiger partial charge >= 0.3 is 0 Å². The molecule has 1 aliphatic carbocycles. The van der Waals surface area contributed by atoms with Crippen molar-refractivity contribution in [3.05, 3.63) is 52.7 Å². The van der Waals surface area contributed by atoms with Gasteiger partial charge in [0.2, 0.25) is 0 Å². The summed E-state index contributed by atoms with van der Waals surface area (Å²) in [6.07, 6.45) is 6.01. The van der Waals surface area contributed by atoms with Gasteiger partial charge in [0.05, 0.1) is 24.3 Å². The molecular formula is C30H40N4O4. The van der Waals surface area contributed by atoms with E-state index in [9.17, 15) is 9.90 Å². The fourth-order valence-electron chi connectivity index (χ4n) is 5.82. The van der Waals surface area contributed by atoms with Crippen molar-refractivity contribution < 1.29 is 19.4 Å². The smallest absolute Gasteiger partial charge is 0.258 e. The SMILES string of the molecule is CC.O=C(c1cc2c(CC3CCCC3)[nH]nc2cc1O)N1Cc2ccc(OCCN3CCOCC3)cc2C1. The average molecular weight is 521 g/mol. The number of carbonyl (C=O) groups excluding carboxylic acids is 1. The van der Waals surface area contributed by atoms with Gasteiger partial charge in [0.15, 0.2) is 0 Å². The van der Waals surface area contributed by atoms with Crippen molar-refractivity contribution in [1.29, 1.82) is 0 Å². The van der Waals surface area contributed by atoms with Crippen molar-refractivity contribution in [3.8, 4) is 11.5 Å². The first-order valence-electron chi connectivity index (χ1n) is 14.2. The molecule has 0 radical (unpaired) electrons. The summed E-state index contributed by atoms with van der Waals surface area (Å²) in [7, 11) is 0. The molecule has 1 amide bonds. The maximum Gasteiger partial charge on any atom is 0.258 e. The first-order valence-corrected chi connectivity index (χ1v) is 14.2. The molecule has 1 aromatic heterocycles. The van der Waals surface area contributed by atoms with Crippen LogP contribution in [-0.2, 0) is 24.2 Å². The number of hydrogen-bond acceptors (Lipinski definition) is 6. The summed E-state index contributed by atoms with van der Waals surface area (Å²) in [5.41, 5.74) is 4.33. The van der Waals surface area contributed by atoms with E-state index < -0.39 is 0 Å². The highest BCUT2D eigenvalue weighted by Gasteiger charge is 2.28. The molecule has 0 unspecified atom stereocenters. The Morgan fingerprint density at radius 2 is 1.87 bits per heavy atom. The molecule has 1 saturated carbocycles. The highest BCUT2D eigenvalue weighted by molar-refractivity contribution is 6.01. The number of nitrogens with zero attached hydrogens (tertiary/aromatic N) is 3. The molecule has 0 bridgehead atoms. The van der Waals surface area contributed by atoms with Crippen LogP contribution in [-0.4, -0.2) is 70.5 Å². The Balaban J connectivity index is 0.00000144. The van der Waals surface area contributed by atoms with Crippen LogP contribution in [0.3, 0.4) is 0 Å². The van der Waals surface area contributed by atoms with Crippen LogP contribution in [0.4, 0.5) is 0 Å². The zero-order chi connectivity index (χ0) is 26.5. The first-order chi connectivity index (χ1) is 18.6. The molecule has 8 nitrogen and oxygen atoms in total. The lowest BCUT2D eigenvalue weighted by Crippen LogP contribution is -2.38. The zero-order valence-corrected chi connectivity index (χ0v) is 22.7. The fourth-order valence-corrected chi connectivity index (χ4v) is 5.82. The average Bonchev–Trinajstić information content (AvgIpc) is 3.70. The van der Waals surface area contributed by atoms with Crippen molar-refractivity contribution in [3.63, 3.8) is 0 Å². The Morgan fingerprint density at radius 3 is 2.66 bits per heavy atom. The van der Waals surface area contributed by atoms with Crippen molar-refractivity contribution in [1.82, 2.24) is 20.0 Å². The summed E-state index contributed by atoms with van der Waals surface area (Å²) in [6.45, 7) is 10.0. The van der Waals surface area contributed by atoms with Crippen LogP contribution in [0.15, 0.2) is 30.3 Å². The maximum atomic E-state index is 13.5. The highest BCUT2D eigenvalue weighted by atomic mass is 16.5. The van der Waals surface area contributed by atoms with Crippen LogP contribution in [0.1, 0.15) is 66.7 Å². The van der Waals surface area contributed by atoms with Gasteiger partial charge in [-0.25, -0.2) is 0 Å². The predicted octanol–water partition coefficient (Wildman–Crippen LogP) is 4.89. The third kappa shape index (κ3) is 5.81. The van der Waals surface area contributed by atoms with Gasteiger partial charge < -0.3 is 19.5 Å². The molecule has 38 heavy (non-hydrogen) atoms. The Morgan fingerprint density at radius 1 is 1.11 bits per heavy atom. The number of fused-ring (bicyclic) bond motifs is 2. The second-order valence-electron chi connectivity index (χ2n) is 10.3. The molecular weight excluding hydrogens is 480 g/mol. The summed E-state index contributed by atoms with van der Waals surface area (Å²) in [5, 5.41) is 19.1. The fraction of sp³-hybridized carbons (Fsp3) is 0.533. The molecule has 2 N–H and O–H groups in total. The number of aromatic hydroxyl groups is 1. The molecule has 3 aromatic rings. The van der Waals surface area contributed by atoms with Crippen LogP contribution >= 0.6 is 0 Å². The van der Waals surface area contributed by atoms with E-state index in [1.807, 2.05) is 38.1 Å². The van der Waals surface area contributed by atoms with Gasteiger partial charge in [0, 0.05) is 49.9 Å². The molecule has 0 spiro atoms. The van der Waals surface area contributed by atoms with Crippen LogP contribution in [0.2, 0.25) is 0 Å². The van der Waals surface area contributed by atoms with Crippen molar-refractivity contribution in [2.75, 3.05) is 39.5 Å². The number of aromatic amines is 1. The number of phenols is 1. The number of amides is 1. The van der Waals surface area contributed by atoms with E-state index in [1.54, 1.807) is 11.0 Å². The first kappa shape index (κ1) is 26.5. The van der Waals surface area contributed by atoms with Crippen LogP contribution < -0.4 is 4.74 Å². The van der Waals surface area contributed by atoms with E-state index >= 15 is 0 Å². The van der Waals surface area contributed by atoms with Crippen molar-refractivity contribution in [2.45, 2.75) is 59.0 Å². The predicted molar refractivity (Wildman–Crippen MR) is 148 cm³/mol. The molecule has 2 fully saturated rings. The standard InChI is InChI=1S/C28H34N4O4.C2H6/c33-27-16-26-23(25(29-30-26)13-19-3-1-2-4-19)15-24(27)28(34)32-17-20-5-6-22(14-21(20)18-32)36-12-9-31-7-10-35-11-8-31;1-2/h5-6,14-16,19,33H,1-4,7-13,17-18H2,(H,29,30);1-2H3. The minimum absolute atomic E-state index is 0.0190. The summed E-state index contributed by atoms with van der Waals surface area (Å²) in [6, 6.07) is 9.51. The van der Waals surface area contributed by atoms with Crippen LogP contribution in [0, 0.1) is 5.92 Å². The van der Waals surface area contributed by atoms with Gasteiger partial charge in [0.1, 0.15) is 18.1 Å². The number of carbonyl (C=O) groups is 1. The number of phenolic OH excluding ortho intramolecular Hbond substituents is 1. The normalized spacial score (nSPS) is 17.9. The Labute approximate surface area is 224 Å². The number of benzene rings is 2. The summed E-state index contributed by atoms with van der Waals surface area (Å²) in [4.78, 5) is 17.6. The molecule has 2 aliphatic heterocycles. The third-order valence-electron chi connectivity index (χ3n) is 7.92. The largest absolute Gasteiger partial charge is 0.507 e. The lowest BCUT2D eigenvalue weighted by molar-refractivity contribution is 0.0322. The molecule has 0 atom stereocenters. The molecule has 6 rings (SSSR count). The second kappa shape index (κ2) is 12.2. The summed E-state index contributed by atoms with van der Waals surface area (Å²) < 4.78 is 11.4. The molecule has 204 valence electrons. The Kier molecular flexibility index (Phi) is 8.49. The summed E-state index contributed by atoms with van der Waals surface area (Å²) >= 11 is 0. The van der Waals surface area contributed by atoms with E-state index in [1.165, 1.54) is 25.7 Å². The van der Waals surface area contributed by atoms with Gasteiger partial charge in [-0.05, 0) is 41.7 Å². The number of rotatable bonds is 7. The van der Waals surface area contributed by atoms with Crippen LogP contribution in [0.25, 0.3) is 10.9 Å². The minimum atomic E-state index is -0.159. The lowest BCUT2D eigenvalue weighted by Gasteiger charge is -2.26. The molecule has 3 aliphatic rings. The van der Waals surface area contributed by atoms with Crippen LogP contribution in [0.5, 0.6) is 11.5 Å². The number of aromatic nitrogens is 2. The van der Waals surface area contributed by atoms with E-state index in [-0.39, 0.29) is 11.7 Å². The second-order valence-corrected chi connectivity index (χ2v) is 10.3. The van der Waals surface area contributed by atoms with E-state index in [4.69, 9.17) is 9.47 Å². The van der Waals surface area contributed by atoms with Crippen molar-refractivity contribution >= 4 is 16.8 Å². The van der Waals surface area contributed by atoms with Gasteiger partial charge in [-0.2, -0.15) is 5.10 Å². The Bertz CT molecular complexity index is 1240. The van der Waals surface area contributed by atoms with Gasteiger partial charge in [0.25, 0.3) is 5.91 Å². The van der Waals surface area contributed by atoms with E-state index in [0.717, 1.165) is 67.2 Å². The zero-order valence-electron chi connectivity index (χ0n) is 22.7. The lowest BCUT2D eigenvalue weighted by atomic mass is 9.99.